The average molecular weight is 270 g/mol. The first kappa shape index (κ1) is 15.3. The van der Waals surface area contributed by atoms with Crippen LogP contribution in [0.5, 0.6) is 5.75 Å². The van der Waals surface area contributed by atoms with Crippen LogP contribution in [0.4, 0.5) is 0 Å². The molecule has 0 aliphatic heterocycles. The Morgan fingerprint density at radius 3 is 2.56 bits per heavy atom. The second-order valence-corrected chi connectivity index (χ2v) is 5.15. The van der Waals surface area contributed by atoms with Crippen LogP contribution in [-0.2, 0) is 0 Å². The van der Waals surface area contributed by atoms with Crippen molar-refractivity contribution in [1.82, 2.24) is 0 Å². The Hall–Kier alpha value is -0.730. The van der Waals surface area contributed by atoms with Crippen molar-refractivity contribution < 1.29 is 4.74 Å². The van der Waals surface area contributed by atoms with Crippen LogP contribution in [0.25, 0.3) is 0 Å². The average Bonchev–Trinajstić information content (AvgIpc) is 2.35. The topological polar surface area (TPSA) is 35.2 Å². The molecule has 102 valence electrons. The summed E-state index contributed by atoms with van der Waals surface area (Å²) in [6.07, 6.45) is 6.18. The summed E-state index contributed by atoms with van der Waals surface area (Å²) in [5, 5.41) is 0.651. The zero-order valence-electron chi connectivity index (χ0n) is 11.4. The molecule has 0 bridgehead atoms. The minimum Gasteiger partial charge on any atom is -0.492 e. The Morgan fingerprint density at radius 1 is 1.22 bits per heavy atom. The molecule has 0 radical (unpaired) electrons. The number of halogens is 1. The van der Waals surface area contributed by atoms with Crippen molar-refractivity contribution in [3.8, 4) is 5.75 Å². The maximum Gasteiger partial charge on any atom is 0.137 e. The first-order valence-corrected chi connectivity index (χ1v) is 7.20. The molecule has 2 nitrogen and oxygen atoms in total. The van der Waals surface area contributed by atoms with Crippen LogP contribution in [0.3, 0.4) is 0 Å². The second kappa shape index (κ2) is 8.39. The molecule has 1 rings (SSSR count). The fourth-order valence-electron chi connectivity index (χ4n) is 1.81. The van der Waals surface area contributed by atoms with Gasteiger partial charge < -0.3 is 10.5 Å². The van der Waals surface area contributed by atoms with E-state index in [1.807, 2.05) is 25.1 Å². The zero-order chi connectivity index (χ0) is 13.4. The number of nitrogens with two attached hydrogens (primary N) is 1. The van der Waals surface area contributed by atoms with E-state index in [1.54, 1.807) is 0 Å². The van der Waals surface area contributed by atoms with Gasteiger partial charge in [-0.1, -0.05) is 50.3 Å². The minimum atomic E-state index is 0.00518. The lowest BCUT2D eigenvalue weighted by atomic mass is 10.1. The Kier molecular flexibility index (Phi) is 7.14. The summed E-state index contributed by atoms with van der Waals surface area (Å²) in [5.74, 6) is 0.761. The normalized spacial score (nSPS) is 12.4. The summed E-state index contributed by atoms with van der Waals surface area (Å²) in [6, 6.07) is 5.78. The Morgan fingerprint density at radius 2 is 1.94 bits per heavy atom. The lowest BCUT2D eigenvalue weighted by molar-refractivity contribution is 0.304. The Balaban J connectivity index is 2.34. The van der Waals surface area contributed by atoms with Crippen molar-refractivity contribution in [2.75, 3.05) is 6.61 Å². The monoisotopic (exact) mass is 269 g/mol. The van der Waals surface area contributed by atoms with E-state index in [0.29, 0.717) is 5.02 Å². The highest BCUT2D eigenvalue weighted by Crippen LogP contribution is 2.27. The van der Waals surface area contributed by atoms with Crippen LogP contribution in [0, 0.1) is 0 Å². The summed E-state index contributed by atoms with van der Waals surface area (Å²) >= 11 is 6.16. The van der Waals surface area contributed by atoms with Crippen LogP contribution in [0.1, 0.15) is 57.6 Å². The molecule has 0 heterocycles. The maximum atomic E-state index is 6.16. The van der Waals surface area contributed by atoms with E-state index in [4.69, 9.17) is 22.1 Å². The minimum absolute atomic E-state index is 0.00518. The van der Waals surface area contributed by atoms with Gasteiger partial charge in [-0.05, 0) is 31.0 Å². The number of unbranched alkanes of at least 4 members (excludes halogenated alkanes) is 4. The van der Waals surface area contributed by atoms with Gasteiger partial charge in [-0.15, -0.1) is 0 Å². The van der Waals surface area contributed by atoms with E-state index < -0.39 is 0 Å². The molecular formula is C15H24ClNO. The van der Waals surface area contributed by atoms with Crippen LogP contribution in [0.15, 0.2) is 18.2 Å². The lowest BCUT2D eigenvalue weighted by Gasteiger charge is -2.11. The van der Waals surface area contributed by atoms with Crippen molar-refractivity contribution in [3.63, 3.8) is 0 Å². The Bertz CT molecular complexity index is 352. The van der Waals surface area contributed by atoms with Gasteiger partial charge in [0.1, 0.15) is 5.75 Å². The summed E-state index contributed by atoms with van der Waals surface area (Å²) in [6.45, 7) is 4.90. The van der Waals surface area contributed by atoms with Crippen molar-refractivity contribution in [2.45, 2.75) is 52.0 Å². The molecule has 0 aliphatic rings. The predicted molar refractivity (Wildman–Crippen MR) is 78.3 cm³/mol. The number of rotatable bonds is 8. The third kappa shape index (κ3) is 5.28. The van der Waals surface area contributed by atoms with Gasteiger partial charge >= 0.3 is 0 Å². The maximum absolute atomic E-state index is 6.16. The third-order valence-corrected chi connectivity index (χ3v) is 3.28. The van der Waals surface area contributed by atoms with E-state index >= 15 is 0 Å². The van der Waals surface area contributed by atoms with Crippen LogP contribution < -0.4 is 10.5 Å². The van der Waals surface area contributed by atoms with Crippen LogP contribution >= 0.6 is 11.6 Å². The van der Waals surface area contributed by atoms with Crippen molar-refractivity contribution in [1.29, 1.82) is 0 Å². The third-order valence-electron chi connectivity index (χ3n) is 2.99. The molecule has 0 unspecified atom stereocenters. The standard InChI is InChI=1S/C15H24ClNO/c1-3-4-5-6-7-10-18-15-9-8-13(12(2)17)11-14(15)16/h8-9,11-12H,3-7,10,17H2,1-2H3/t12-/m0/s1. The number of benzene rings is 1. The predicted octanol–water partition coefficient (Wildman–Crippen LogP) is 4.71. The first-order valence-electron chi connectivity index (χ1n) is 6.83. The van der Waals surface area contributed by atoms with Gasteiger partial charge in [-0.25, -0.2) is 0 Å². The highest BCUT2D eigenvalue weighted by molar-refractivity contribution is 6.32. The lowest BCUT2D eigenvalue weighted by Crippen LogP contribution is -2.05. The summed E-state index contributed by atoms with van der Waals surface area (Å²) in [4.78, 5) is 0. The van der Waals surface area contributed by atoms with Crippen LogP contribution in [0.2, 0.25) is 5.02 Å². The summed E-state index contributed by atoms with van der Waals surface area (Å²) in [5.41, 5.74) is 6.84. The van der Waals surface area contributed by atoms with E-state index in [-0.39, 0.29) is 6.04 Å². The molecule has 0 saturated carbocycles. The summed E-state index contributed by atoms with van der Waals surface area (Å²) in [7, 11) is 0. The molecule has 3 heteroatoms. The number of hydrogen-bond acceptors (Lipinski definition) is 2. The van der Waals surface area contributed by atoms with E-state index in [9.17, 15) is 0 Å². The highest BCUT2D eigenvalue weighted by atomic mass is 35.5. The fraction of sp³-hybridized carbons (Fsp3) is 0.600. The van der Waals surface area contributed by atoms with Crippen molar-refractivity contribution >= 4 is 11.6 Å². The second-order valence-electron chi connectivity index (χ2n) is 4.74. The fourth-order valence-corrected chi connectivity index (χ4v) is 2.05. The van der Waals surface area contributed by atoms with Gasteiger partial charge in [0.15, 0.2) is 0 Å². The molecule has 1 aromatic carbocycles. The smallest absolute Gasteiger partial charge is 0.137 e. The molecule has 0 spiro atoms. The van der Waals surface area contributed by atoms with Gasteiger partial charge in [0.05, 0.1) is 11.6 Å². The molecule has 0 aliphatic carbocycles. The van der Waals surface area contributed by atoms with Crippen LogP contribution in [-0.4, -0.2) is 6.61 Å². The number of ether oxygens (including phenoxy) is 1. The van der Waals surface area contributed by atoms with Crippen molar-refractivity contribution in [3.05, 3.63) is 28.8 Å². The molecule has 1 atom stereocenters. The quantitative estimate of drug-likeness (QED) is 0.694. The molecule has 0 amide bonds. The van der Waals surface area contributed by atoms with E-state index in [1.165, 1.54) is 25.7 Å². The van der Waals surface area contributed by atoms with Gasteiger partial charge in [0.2, 0.25) is 0 Å². The summed E-state index contributed by atoms with van der Waals surface area (Å²) < 4.78 is 5.68. The zero-order valence-corrected chi connectivity index (χ0v) is 12.2. The van der Waals surface area contributed by atoms with Gasteiger partial charge in [-0.3, -0.25) is 0 Å². The molecule has 0 aromatic heterocycles. The van der Waals surface area contributed by atoms with E-state index in [2.05, 4.69) is 6.92 Å². The molecular weight excluding hydrogens is 246 g/mol. The first-order chi connectivity index (χ1) is 8.65. The van der Waals surface area contributed by atoms with Gasteiger partial charge in [0, 0.05) is 6.04 Å². The highest BCUT2D eigenvalue weighted by Gasteiger charge is 2.05. The largest absolute Gasteiger partial charge is 0.492 e. The molecule has 18 heavy (non-hydrogen) atoms. The van der Waals surface area contributed by atoms with E-state index in [0.717, 1.165) is 24.3 Å². The Labute approximate surface area is 115 Å². The molecule has 1 aromatic rings. The molecule has 2 N–H and O–H groups in total. The molecule has 0 saturated heterocycles. The SMILES string of the molecule is CCCCCCCOc1ccc([C@H](C)N)cc1Cl. The van der Waals surface area contributed by atoms with Gasteiger partial charge in [0.25, 0.3) is 0 Å². The number of hydrogen-bond donors (Lipinski definition) is 1. The molecule has 0 fully saturated rings. The van der Waals surface area contributed by atoms with Crippen molar-refractivity contribution in [2.24, 2.45) is 5.73 Å². The van der Waals surface area contributed by atoms with Gasteiger partial charge in [-0.2, -0.15) is 0 Å².